The standard InChI is InChI=1S/C10H11Br2N/c1-2-5-13-7-8-3-4-9(11)10(12)6-8/h2-4,6,13H,1,5,7H2. The van der Waals surface area contributed by atoms with E-state index in [1.54, 1.807) is 0 Å². The van der Waals surface area contributed by atoms with E-state index in [0.29, 0.717) is 0 Å². The largest absolute Gasteiger partial charge is 0.309 e. The number of benzene rings is 1. The molecule has 0 aromatic heterocycles. The van der Waals surface area contributed by atoms with Gasteiger partial charge in [-0.1, -0.05) is 12.1 Å². The first-order chi connectivity index (χ1) is 6.24. The van der Waals surface area contributed by atoms with Gasteiger partial charge in [-0.2, -0.15) is 0 Å². The summed E-state index contributed by atoms with van der Waals surface area (Å²) in [6, 6.07) is 6.22. The Hall–Kier alpha value is -0.120. The minimum absolute atomic E-state index is 0.841. The third-order valence-electron chi connectivity index (χ3n) is 1.60. The molecular weight excluding hydrogens is 294 g/mol. The van der Waals surface area contributed by atoms with Crippen molar-refractivity contribution in [2.75, 3.05) is 6.54 Å². The molecule has 70 valence electrons. The molecule has 0 atom stereocenters. The Kier molecular flexibility index (Phi) is 4.70. The smallest absolute Gasteiger partial charge is 0.0320 e. The average Bonchev–Trinajstić information content (AvgIpc) is 2.12. The molecule has 0 heterocycles. The molecule has 0 saturated heterocycles. The molecule has 0 aliphatic carbocycles. The Labute approximate surface area is 95.5 Å². The van der Waals surface area contributed by atoms with Gasteiger partial charge >= 0.3 is 0 Å². The summed E-state index contributed by atoms with van der Waals surface area (Å²) in [5, 5.41) is 3.24. The summed E-state index contributed by atoms with van der Waals surface area (Å²) in [5.41, 5.74) is 1.26. The van der Waals surface area contributed by atoms with Crippen LogP contribution in [0, 0.1) is 0 Å². The van der Waals surface area contributed by atoms with Crippen LogP contribution in [0.15, 0.2) is 39.8 Å². The maximum atomic E-state index is 3.64. The third kappa shape index (κ3) is 3.63. The molecule has 1 nitrogen and oxygen atoms in total. The summed E-state index contributed by atoms with van der Waals surface area (Å²) in [5.74, 6) is 0. The molecule has 0 radical (unpaired) electrons. The highest BCUT2D eigenvalue weighted by Crippen LogP contribution is 2.23. The lowest BCUT2D eigenvalue weighted by Crippen LogP contribution is -2.12. The van der Waals surface area contributed by atoms with Crippen molar-refractivity contribution in [3.63, 3.8) is 0 Å². The van der Waals surface area contributed by atoms with Crippen molar-refractivity contribution in [2.45, 2.75) is 6.54 Å². The van der Waals surface area contributed by atoms with Gasteiger partial charge in [0.15, 0.2) is 0 Å². The normalized spacial score (nSPS) is 10.0. The van der Waals surface area contributed by atoms with Gasteiger partial charge in [-0.25, -0.2) is 0 Å². The summed E-state index contributed by atoms with van der Waals surface area (Å²) in [4.78, 5) is 0. The van der Waals surface area contributed by atoms with Crippen LogP contribution in [0.5, 0.6) is 0 Å². The van der Waals surface area contributed by atoms with Gasteiger partial charge in [-0.3, -0.25) is 0 Å². The molecule has 0 saturated carbocycles. The maximum Gasteiger partial charge on any atom is 0.0320 e. The van der Waals surface area contributed by atoms with Gasteiger partial charge < -0.3 is 5.32 Å². The van der Waals surface area contributed by atoms with E-state index in [2.05, 4.69) is 55.9 Å². The highest BCUT2D eigenvalue weighted by Gasteiger charge is 1.97. The van der Waals surface area contributed by atoms with E-state index in [0.717, 1.165) is 22.0 Å². The van der Waals surface area contributed by atoms with Crippen molar-refractivity contribution in [2.24, 2.45) is 0 Å². The predicted octanol–water partition coefficient (Wildman–Crippen LogP) is 3.49. The van der Waals surface area contributed by atoms with Gasteiger partial charge in [-0.05, 0) is 49.6 Å². The first-order valence-corrected chi connectivity index (χ1v) is 5.58. The first-order valence-electron chi connectivity index (χ1n) is 3.99. The minimum atomic E-state index is 0.841. The molecule has 0 aliphatic rings. The van der Waals surface area contributed by atoms with Crippen LogP contribution in [0.3, 0.4) is 0 Å². The zero-order valence-electron chi connectivity index (χ0n) is 7.19. The first kappa shape index (κ1) is 11.0. The van der Waals surface area contributed by atoms with Crippen molar-refractivity contribution in [1.29, 1.82) is 0 Å². The quantitative estimate of drug-likeness (QED) is 0.663. The van der Waals surface area contributed by atoms with Crippen LogP contribution in [0.4, 0.5) is 0 Å². The fraction of sp³-hybridized carbons (Fsp3) is 0.200. The van der Waals surface area contributed by atoms with Crippen molar-refractivity contribution < 1.29 is 0 Å². The monoisotopic (exact) mass is 303 g/mol. The number of halogens is 2. The van der Waals surface area contributed by atoms with E-state index in [1.807, 2.05) is 12.1 Å². The summed E-state index contributed by atoms with van der Waals surface area (Å²) in [6.45, 7) is 5.36. The Balaban J connectivity index is 2.57. The fourth-order valence-electron chi connectivity index (χ4n) is 0.968. The van der Waals surface area contributed by atoms with Crippen LogP contribution < -0.4 is 5.32 Å². The molecule has 1 aromatic rings. The molecule has 0 aliphatic heterocycles. The molecule has 0 spiro atoms. The average molecular weight is 305 g/mol. The van der Waals surface area contributed by atoms with Crippen molar-refractivity contribution in [3.8, 4) is 0 Å². The molecule has 0 amide bonds. The summed E-state index contributed by atoms with van der Waals surface area (Å²) in [6.07, 6.45) is 1.86. The molecule has 1 aromatic carbocycles. The molecule has 0 bridgehead atoms. The third-order valence-corrected chi connectivity index (χ3v) is 3.48. The molecule has 0 fully saturated rings. The lowest BCUT2D eigenvalue weighted by Gasteiger charge is -2.03. The van der Waals surface area contributed by atoms with Crippen LogP contribution >= 0.6 is 31.9 Å². The zero-order chi connectivity index (χ0) is 9.68. The summed E-state index contributed by atoms with van der Waals surface area (Å²) >= 11 is 6.89. The van der Waals surface area contributed by atoms with Crippen molar-refractivity contribution >= 4 is 31.9 Å². The maximum absolute atomic E-state index is 3.64. The van der Waals surface area contributed by atoms with Gasteiger partial charge in [0.2, 0.25) is 0 Å². The Bertz CT molecular complexity index is 297. The van der Waals surface area contributed by atoms with E-state index < -0.39 is 0 Å². The number of nitrogens with one attached hydrogen (secondary N) is 1. The van der Waals surface area contributed by atoms with Crippen LogP contribution in [0.1, 0.15) is 5.56 Å². The Morgan fingerprint density at radius 3 is 2.69 bits per heavy atom. The van der Waals surface area contributed by atoms with Crippen molar-refractivity contribution in [3.05, 3.63) is 45.4 Å². The van der Waals surface area contributed by atoms with Crippen LogP contribution in [0.25, 0.3) is 0 Å². The van der Waals surface area contributed by atoms with Crippen molar-refractivity contribution in [1.82, 2.24) is 5.32 Å². The van der Waals surface area contributed by atoms with Gasteiger partial charge in [-0.15, -0.1) is 6.58 Å². The number of hydrogen-bond donors (Lipinski definition) is 1. The highest BCUT2D eigenvalue weighted by molar-refractivity contribution is 9.13. The Morgan fingerprint density at radius 2 is 2.08 bits per heavy atom. The number of rotatable bonds is 4. The predicted molar refractivity (Wildman–Crippen MR) is 63.7 cm³/mol. The van der Waals surface area contributed by atoms with Crippen LogP contribution in [0.2, 0.25) is 0 Å². The second kappa shape index (κ2) is 5.58. The molecule has 1 N–H and O–H groups in total. The van der Waals surface area contributed by atoms with Crippen LogP contribution in [-0.4, -0.2) is 6.54 Å². The molecular formula is C10H11Br2N. The zero-order valence-corrected chi connectivity index (χ0v) is 10.4. The van der Waals surface area contributed by atoms with Gasteiger partial charge in [0, 0.05) is 22.0 Å². The SMILES string of the molecule is C=CCNCc1ccc(Br)c(Br)c1. The van der Waals surface area contributed by atoms with Gasteiger partial charge in [0.25, 0.3) is 0 Å². The van der Waals surface area contributed by atoms with E-state index in [4.69, 9.17) is 0 Å². The lowest BCUT2D eigenvalue weighted by molar-refractivity contribution is 0.760. The fourth-order valence-corrected chi connectivity index (χ4v) is 1.64. The topological polar surface area (TPSA) is 12.0 Å². The van der Waals surface area contributed by atoms with E-state index in [1.165, 1.54) is 5.56 Å². The lowest BCUT2D eigenvalue weighted by atomic mass is 10.2. The second-order valence-electron chi connectivity index (χ2n) is 2.67. The van der Waals surface area contributed by atoms with Gasteiger partial charge in [0.05, 0.1) is 0 Å². The van der Waals surface area contributed by atoms with Gasteiger partial charge in [0.1, 0.15) is 0 Å². The Morgan fingerprint density at radius 1 is 1.31 bits per heavy atom. The molecule has 13 heavy (non-hydrogen) atoms. The number of hydrogen-bond acceptors (Lipinski definition) is 1. The summed E-state index contributed by atoms with van der Waals surface area (Å²) < 4.78 is 2.17. The van der Waals surface area contributed by atoms with E-state index in [9.17, 15) is 0 Å². The minimum Gasteiger partial charge on any atom is -0.309 e. The molecule has 0 unspecified atom stereocenters. The molecule has 1 rings (SSSR count). The van der Waals surface area contributed by atoms with E-state index in [-0.39, 0.29) is 0 Å². The van der Waals surface area contributed by atoms with Crippen LogP contribution in [-0.2, 0) is 6.54 Å². The van der Waals surface area contributed by atoms with E-state index >= 15 is 0 Å². The summed E-state index contributed by atoms with van der Waals surface area (Å²) in [7, 11) is 0. The molecule has 3 heteroatoms. The second-order valence-corrected chi connectivity index (χ2v) is 4.38. The highest BCUT2D eigenvalue weighted by atomic mass is 79.9.